The molecule has 0 heterocycles. The number of rotatable bonds is 8. The van der Waals surface area contributed by atoms with Gasteiger partial charge in [-0.3, -0.25) is 4.79 Å². The van der Waals surface area contributed by atoms with E-state index in [1.807, 2.05) is 13.8 Å². The van der Waals surface area contributed by atoms with Crippen LogP contribution in [0.5, 0.6) is 0 Å². The molecule has 0 aromatic rings. The Morgan fingerprint density at radius 3 is 2.62 bits per heavy atom. The van der Waals surface area contributed by atoms with Crippen molar-refractivity contribution in [1.82, 2.24) is 5.32 Å². The normalized spacial score (nSPS) is 16.6. The Kier molecular flexibility index (Phi) is 7.34. The van der Waals surface area contributed by atoms with E-state index < -0.39 is 5.60 Å². The van der Waals surface area contributed by atoms with Gasteiger partial charge in [0.1, 0.15) is 5.60 Å². The van der Waals surface area contributed by atoms with Gasteiger partial charge in [-0.1, -0.05) is 13.8 Å². The summed E-state index contributed by atoms with van der Waals surface area (Å²) in [6.45, 7) is 6.56. The number of methoxy groups -OCH3 is 1. The molecular formula is C12H25NO3. The first-order chi connectivity index (χ1) is 7.50. The number of hydrogen-bond acceptors (Lipinski definition) is 3. The molecule has 0 saturated heterocycles. The Labute approximate surface area is 98.4 Å². The van der Waals surface area contributed by atoms with Crippen LogP contribution in [0.4, 0.5) is 0 Å². The highest BCUT2D eigenvalue weighted by molar-refractivity contribution is 5.84. The van der Waals surface area contributed by atoms with E-state index in [1.165, 1.54) is 0 Å². The number of carbonyl (C=O) groups excluding carboxylic acids is 1. The van der Waals surface area contributed by atoms with Crippen molar-refractivity contribution in [1.29, 1.82) is 0 Å². The average molecular weight is 231 g/mol. The quantitative estimate of drug-likeness (QED) is 0.620. The van der Waals surface area contributed by atoms with Crippen LogP contribution in [-0.2, 0) is 9.53 Å². The van der Waals surface area contributed by atoms with Crippen LogP contribution in [0.1, 0.15) is 40.0 Å². The van der Waals surface area contributed by atoms with Gasteiger partial charge >= 0.3 is 0 Å². The molecule has 2 N–H and O–H groups in total. The molecule has 4 heteroatoms. The topological polar surface area (TPSA) is 58.6 Å². The van der Waals surface area contributed by atoms with Crippen molar-refractivity contribution < 1.29 is 14.6 Å². The number of ether oxygens (including phenoxy) is 1. The lowest BCUT2D eigenvalue weighted by molar-refractivity contribution is -0.141. The van der Waals surface area contributed by atoms with E-state index in [1.54, 1.807) is 14.0 Å². The summed E-state index contributed by atoms with van der Waals surface area (Å²) in [6, 6.07) is 0. The Morgan fingerprint density at radius 1 is 1.56 bits per heavy atom. The van der Waals surface area contributed by atoms with Crippen molar-refractivity contribution >= 4 is 5.91 Å². The predicted molar refractivity (Wildman–Crippen MR) is 64.2 cm³/mol. The molecule has 0 aromatic carbocycles. The summed E-state index contributed by atoms with van der Waals surface area (Å²) in [4.78, 5) is 11.8. The van der Waals surface area contributed by atoms with E-state index in [2.05, 4.69) is 5.32 Å². The first-order valence-electron chi connectivity index (χ1n) is 5.94. The fourth-order valence-corrected chi connectivity index (χ4v) is 1.33. The first-order valence-corrected chi connectivity index (χ1v) is 5.94. The molecule has 0 aliphatic rings. The molecule has 0 aliphatic carbocycles. The minimum absolute atomic E-state index is 0.0610. The van der Waals surface area contributed by atoms with Crippen LogP contribution in [0.25, 0.3) is 0 Å². The number of hydrogen-bond donors (Lipinski definition) is 2. The van der Waals surface area contributed by atoms with Gasteiger partial charge in [-0.25, -0.2) is 0 Å². The largest absolute Gasteiger partial charge is 0.396 e. The van der Waals surface area contributed by atoms with Crippen LogP contribution in [-0.4, -0.2) is 36.9 Å². The third-order valence-corrected chi connectivity index (χ3v) is 3.08. The van der Waals surface area contributed by atoms with Gasteiger partial charge in [0.05, 0.1) is 0 Å². The zero-order chi connectivity index (χ0) is 12.6. The van der Waals surface area contributed by atoms with E-state index in [9.17, 15) is 4.79 Å². The van der Waals surface area contributed by atoms with E-state index in [4.69, 9.17) is 9.84 Å². The van der Waals surface area contributed by atoms with E-state index in [0.717, 1.165) is 12.8 Å². The highest BCUT2D eigenvalue weighted by Gasteiger charge is 2.30. The molecule has 0 rings (SSSR count). The summed E-state index contributed by atoms with van der Waals surface area (Å²) in [5, 5.41) is 11.7. The second kappa shape index (κ2) is 7.63. The first kappa shape index (κ1) is 15.4. The van der Waals surface area contributed by atoms with E-state index >= 15 is 0 Å². The molecule has 2 unspecified atom stereocenters. The Morgan fingerprint density at radius 2 is 2.19 bits per heavy atom. The van der Waals surface area contributed by atoms with Gasteiger partial charge in [-0.15, -0.1) is 0 Å². The summed E-state index contributed by atoms with van der Waals surface area (Å²) in [7, 11) is 1.55. The molecule has 0 aromatic heterocycles. The molecule has 1 amide bonds. The smallest absolute Gasteiger partial charge is 0.251 e. The van der Waals surface area contributed by atoms with Crippen LogP contribution in [0, 0.1) is 5.92 Å². The third kappa shape index (κ3) is 4.94. The zero-order valence-electron chi connectivity index (χ0n) is 10.9. The van der Waals surface area contributed by atoms with Gasteiger partial charge in [0.25, 0.3) is 5.91 Å². The molecule has 0 bridgehead atoms. The van der Waals surface area contributed by atoms with Crippen LogP contribution in [0.3, 0.4) is 0 Å². The van der Waals surface area contributed by atoms with Crippen molar-refractivity contribution in [3.63, 3.8) is 0 Å². The Hall–Kier alpha value is -0.610. The number of nitrogens with one attached hydrogen (secondary N) is 1. The third-order valence-electron chi connectivity index (χ3n) is 3.08. The van der Waals surface area contributed by atoms with Crippen molar-refractivity contribution in [2.24, 2.45) is 5.92 Å². The van der Waals surface area contributed by atoms with Crippen LogP contribution >= 0.6 is 0 Å². The standard InChI is InChI=1S/C12H25NO3/c1-5-12(3,16-4)11(15)13-8-6-7-10(2)9-14/h10,14H,5-9H2,1-4H3,(H,13,15). The van der Waals surface area contributed by atoms with Crippen LogP contribution in [0.2, 0.25) is 0 Å². The molecule has 0 radical (unpaired) electrons. The fourth-order valence-electron chi connectivity index (χ4n) is 1.33. The molecule has 0 fully saturated rings. The average Bonchev–Trinajstić information content (AvgIpc) is 2.32. The second-order valence-electron chi connectivity index (χ2n) is 4.47. The maximum Gasteiger partial charge on any atom is 0.251 e. The number of amides is 1. The molecule has 0 saturated carbocycles. The fraction of sp³-hybridized carbons (Fsp3) is 0.917. The van der Waals surface area contributed by atoms with Gasteiger partial charge in [-0.2, -0.15) is 0 Å². The Balaban J connectivity index is 3.81. The van der Waals surface area contributed by atoms with Gasteiger partial charge in [-0.05, 0) is 32.1 Å². The molecule has 16 heavy (non-hydrogen) atoms. The van der Waals surface area contributed by atoms with Crippen LogP contribution < -0.4 is 5.32 Å². The van der Waals surface area contributed by atoms with Gasteiger partial charge in [0.2, 0.25) is 0 Å². The minimum Gasteiger partial charge on any atom is -0.396 e. The molecule has 4 nitrogen and oxygen atoms in total. The van der Waals surface area contributed by atoms with Crippen molar-refractivity contribution in [3.05, 3.63) is 0 Å². The highest BCUT2D eigenvalue weighted by atomic mass is 16.5. The monoisotopic (exact) mass is 231 g/mol. The van der Waals surface area contributed by atoms with E-state index in [-0.39, 0.29) is 12.5 Å². The summed E-state index contributed by atoms with van der Waals surface area (Å²) in [5.41, 5.74) is -0.720. The summed E-state index contributed by atoms with van der Waals surface area (Å²) < 4.78 is 5.20. The Bertz CT molecular complexity index is 202. The van der Waals surface area contributed by atoms with Crippen molar-refractivity contribution in [2.75, 3.05) is 20.3 Å². The summed E-state index contributed by atoms with van der Waals surface area (Å²) in [5.74, 6) is 0.242. The molecule has 2 atom stereocenters. The lowest BCUT2D eigenvalue weighted by Gasteiger charge is -2.25. The zero-order valence-corrected chi connectivity index (χ0v) is 10.9. The lowest BCUT2D eigenvalue weighted by Crippen LogP contribution is -2.45. The maximum atomic E-state index is 11.8. The summed E-state index contributed by atoms with van der Waals surface area (Å²) >= 11 is 0. The van der Waals surface area contributed by atoms with Gasteiger partial charge < -0.3 is 15.2 Å². The molecule has 0 spiro atoms. The van der Waals surface area contributed by atoms with Crippen molar-refractivity contribution in [3.8, 4) is 0 Å². The number of aliphatic hydroxyl groups is 1. The van der Waals surface area contributed by atoms with Gasteiger partial charge in [0, 0.05) is 20.3 Å². The lowest BCUT2D eigenvalue weighted by atomic mass is 10.0. The van der Waals surface area contributed by atoms with Gasteiger partial charge in [0.15, 0.2) is 0 Å². The number of carbonyl (C=O) groups is 1. The van der Waals surface area contributed by atoms with Crippen molar-refractivity contribution in [2.45, 2.75) is 45.6 Å². The van der Waals surface area contributed by atoms with Crippen LogP contribution in [0.15, 0.2) is 0 Å². The predicted octanol–water partition coefficient (Wildman–Crippen LogP) is 1.33. The second-order valence-corrected chi connectivity index (χ2v) is 4.47. The number of aliphatic hydroxyl groups excluding tert-OH is 1. The SMILES string of the molecule is CCC(C)(OC)C(=O)NCCCC(C)CO. The maximum absolute atomic E-state index is 11.8. The van der Waals surface area contributed by atoms with E-state index in [0.29, 0.717) is 18.9 Å². The highest BCUT2D eigenvalue weighted by Crippen LogP contribution is 2.13. The summed E-state index contributed by atoms with van der Waals surface area (Å²) in [6.07, 6.45) is 2.46. The minimum atomic E-state index is -0.720. The molecule has 96 valence electrons. The molecular weight excluding hydrogens is 206 g/mol. The molecule has 0 aliphatic heterocycles.